The maximum Gasteiger partial charge on any atom is 0.242 e. The smallest absolute Gasteiger partial charge is 0.242 e. The van der Waals surface area contributed by atoms with Crippen molar-refractivity contribution in [2.24, 2.45) is 11.7 Å². The fourth-order valence-corrected chi connectivity index (χ4v) is 2.47. The number of nitrogens with two attached hydrogens (primary N) is 1. The van der Waals surface area contributed by atoms with Crippen LogP contribution in [0.3, 0.4) is 0 Å². The number of carbonyl (C=O) groups excluding carboxylic acids is 1. The van der Waals surface area contributed by atoms with Gasteiger partial charge in [0.05, 0.1) is 0 Å². The van der Waals surface area contributed by atoms with Gasteiger partial charge in [-0.15, -0.1) is 0 Å². The molecule has 0 aromatic heterocycles. The van der Waals surface area contributed by atoms with Crippen LogP contribution in [-0.4, -0.2) is 25.7 Å². The minimum Gasteiger partial charge on any atom is -0.381 e. The molecule has 1 fully saturated rings. The van der Waals surface area contributed by atoms with Gasteiger partial charge in [-0.1, -0.05) is 37.3 Å². The number of carbonyl (C=O) groups is 1. The highest BCUT2D eigenvalue weighted by atomic mass is 16.5. The molecule has 0 radical (unpaired) electrons. The van der Waals surface area contributed by atoms with Crippen molar-refractivity contribution < 1.29 is 9.53 Å². The Morgan fingerprint density at radius 1 is 1.40 bits per heavy atom. The zero-order valence-electron chi connectivity index (χ0n) is 12.1. The molecule has 1 aromatic carbocycles. The molecule has 1 saturated carbocycles. The summed E-state index contributed by atoms with van der Waals surface area (Å²) in [5.74, 6) is 0.384. The Hall–Kier alpha value is -1.39. The molecule has 1 aromatic rings. The lowest BCUT2D eigenvalue weighted by molar-refractivity contribution is -0.125. The van der Waals surface area contributed by atoms with E-state index in [0.717, 1.165) is 18.1 Å². The van der Waals surface area contributed by atoms with Crippen molar-refractivity contribution in [1.29, 1.82) is 0 Å². The predicted molar refractivity (Wildman–Crippen MR) is 79.2 cm³/mol. The van der Waals surface area contributed by atoms with Crippen LogP contribution in [0.1, 0.15) is 31.7 Å². The van der Waals surface area contributed by atoms with Gasteiger partial charge in [0.15, 0.2) is 0 Å². The molecule has 1 atom stereocenters. The van der Waals surface area contributed by atoms with Gasteiger partial charge in [-0.25, -0.2) is 0 Å². The lowest BCUT2D eigenvalue weighted by Crippen LogP contribution is -2.53. The van der Waals surface area contributed by atoms with Gasteiger partial charge in [-0.2, -0.15) is 0 Å². The van der Waals surface area contributed by atoms with E-state index in [1.807, 2.05) is 37.3 Å². The van der Waals surface area contributed by atoms with Crippen LogP contribution in [0.4, 0.5) is 0 Å². The molecule has 3 N–H and O–H groups in total. The Labute approximate surface area is 120 Å². The van der Waals surface area contributed by atoms with Crippen molar-refractivity contribution in [2.45, 2.75) is 31.7 Å². The van der Waals surface area contributed by atoms with Gasteiger partial charge in [-0.05, 0) is 30.9 Å². The molecule has 2 rings (SSSR count). The lowest BCUT2D eigenvalue weighted by atomic mass is 9.86. The van der Waals surface area contributed by atoms with E-state index in [-0.39, 0.29) is 5.91 Å². The maximum absolute atomic E-state index is 12.1. The Morgan fingerprint density at radius 3 is 2.65 bits per heavy atom. The number of hydrogen-bond donors (Lipinski definition) is 2. The molecule has 1 amide bonds. The molecule has 0 aliphatic heterocycles. The Bertz CT molecular complexity index is 431. The van der Waals surface area contributed by atoms with Gasteiger partial charge in [-0.3, -0.25) is 10.1 Å². The Kier molecular flexibility index (Phi) is 5.15. The van der Waals surface area contributed by atoms with Crippen molar-refractivity contribution in [3.8, 4) is 0 Å². The summed E-state index contributed by atoms with van der Waals surface area (Å²) < 4.78 is 5.68. The standard InChI is InChI=1S/C16H24N2O2/c1-2-18-16(15(17)19,14-6-4-3-5-7-14)10-11-20-12-13-8-9-13/h3-7,13,18H,2,8-12H2,1H3,(H2,17,19). The van der Waals surface area contributed by atoms with E-state index in [1.165, 1.54) is 12.8 Å². The summed E-state index contributed by atoms with van der Waals surface area (Å²) in [6.45, 7) is 4.00. The number of amides is 1. The largest absolute Gasteiger partial charge is 0.381 e. The highest BCUT2D eigenvalue weighted by Crippen LogP contribution is 2.30. The summed E-state index contributed by atoms with van der Waals surface area (Å²) in [7, 11) is 0. The summed E-state index contributed by atoms with van der Waals surface area (Å²) in [5.41, 5.74) is 5.76. The topological polar surface area (TPSA) is 64.3 Å². The second-order valence-electron chi connectivity index (χ2n) is 5.43. The average Bonchev–Trinajstić information content (AvgIpc) is 3.27. The van der Waals surface area contributed by atoms with Gasteiger partial charge < -0.3 is 10.5 Å². The van der Waals surface area contributed by atoms with Crippen LogP contribution >= 0.6 is 0 Å². The second-order valence-corrected chi connectivity index (χ2v) is 5.43. The first-order valence-corrected chi connectivity index (χ1v) is 7.37. The van der Waals surface area contributed by atoms with E-state index in [2.05, 4.69) is 5.32 Å². The highest BCUT2D eigenvalue weighted by molar-refractivity contribution is 5.86. The van der Waals surface area contributed by atoms with Crippen LogP contribution in [0, 0.1) is 5.92 Å². The molecule has 20 heavy (non-hydrogen) atoms. The third-order valence-electron chi connectivity index (χ3n) is 3.84. The van der Waals surface area contributed by atoms with E-state index in [4.69, 9.17) is 10.5 Å². The van der Waals surface area contributed by atoms with Crippen LogP contribution in [0.15, 0.2) is 30.3 Å². The normalized spacial score (nSPS) is 17.6. The van der Waals surface area contributed by atoms with Crippen LogP contribution in [0.25, 0.3) is 0 Å². The molecule has 1 aliphatic rings. The molecule has 0 saturated heterocycles. The predicted octanol–water partition coefficient (Wildman–Crippen LogP) is 1.79. The Morgan fingerprint density at radius 2 is 2.10 bits per heavy atom. The van der Waals surface area contributed by atoms with Crippen LogP contribution < -0.4 is 11.1 Å². The fraction of sp³-hybridized carbons (Fsp3) is 0.562. The van der Waals surface area contributed by atoms with Crippen molar-refractivity contribution in [3.63, 3.8) is 0 Å². The summed E-state index contributed by atoms with van der Waals surface area (Å²) in [6.07, 6.45) is 3.10. The third-order valence-corrected chi connectivity index (χ3v) is 3.84. The maximum atomic E-state index is 12.1. The zero-order valence-corrected chi connectivity index (χ0v) is 12.1. The Balaban J connectivity index is 2.06. The van der Waals surface area contributed by atoms with Gasteiger partial charge in [0.25, 0.3) is 0 Å². The SMILES string of the molecule is CCNC(CCOCC1CC1)(C(N)=O)c1ccccc1. The summed E-state index contributed by atoms with van der Waals surface area (Å²) in [4.78, 5) is 12.1. The van der Waals surface area contributed by atoms with Crippen molar-refractivity contribution >= 4 is 5.91 Å². The molecular weight excluding hydrogens is 252 g/mol. The van der Waals surface area contributed by atoms with Crippen molar-refractivity contribution in [2.75, 3.05) is 19.8 Å². The van der Waals surface area contributed by atoms with Crippen LogP contribution in [0.2, 0.25) is 0 Å². The second kappa shape index (κ2) is 6.86. The van der Waals surface area contributed by atoms with E-state index in [9.17, 15) is 4.79 Å². The first kappa shape index (κ1) is 15.0. The molecule has 0 spiro atoms. The van der Waals surface area contributed by atoms with Crippen molar-refractivity contribution in [1.82, 2.24) is 5.32 Å². The molecular formula is C16H24N2O2. The van der Waals surface area contributed by atoms with Gasteiger partial charge in [0.1, 0.15) is 5.54 Å². The number of nitrogens with one attached hydrogen (secondary N) is 1. The van der Waals surface area contributed by atoms with E-state index >= 15 is 0 Å². The van der Waals surface area contributed by atoms with Crippen molar-refractivity contribution in [3.05, 3.63) is 35.9 Å². The molecule has 1 aliphatic carbocycles. The summed E-state index contributed by atoms with van der Waals surface area (Å²) in [6, 6.07) is 9.66. The number of rotatable bonds is 9. The van der Waals surface area contributed by atoms with E-state index in [1.54, 1.807) is 0 Å². The number of ether oxygens (including phenoxy) is 1. The van der Waals surface area contributed by atoms with Gasteiger partial charge >= 0.3 is 0 Å². The third kappa shape index (κ3) is 3.58. The molecule has 4 heteroatoms. The van der Waals surface area contributed by atoms with E-state index in [0.29, 0.717) is 19.6 Å². The number of primary amides is 1. The fourth-order valence-electron chi connectivity index (χ4n) is 2.47. The number of benzene rings is 1. The van der Waals surface area contributed by atoms with Crippen LogP contribution in [-0.2, 0) is 15.1 Å². The molecule has 0 heterocycles. The van der Waals surface area contributed by atoms with Gasteiger partial charge in [0, 0.05) is 19.6 Å². The molecule has 4 nitrogen and oxygen atoms in total. The molecule has 110 valence electrons. The van der Waals surface area contributed by atoms with Gasteiger partial charge in [0.2, 0.25) is 5.91 Å². The zero-order chi connectivity index (χ0) is 14.4. The first-order chi connectivity index (χ1) is 9.69. The number of hydrogen-bond acceptors (Lipinski definition) is 3. The quantitative estimate of drug-likeness (QED) is 0.676. The first-order valence-electron chi connectivity index (χ1n) is 7.37. The van der Waals surface area contributed by atoms with Crippen LogP contribution in [0.5, 0.6) is 0 Å². The monoisotopic (exact) mass is 276 g/mol. The summed E-state index contributed by atoms with van der Waals surface area (Å²) in [5, 5.41) is 3.26. The minimum absolute atomic E-state index is 0.347. The van der Waals surface area contributed by atoms with E-state index < -0.39 is 5.54 Å². The number of likely N-dealkylation sites (N-methyl/N-ethyl adjacent to an activating group) is 1. The minimum atomic E-state index is -0.834. The molecule has 1 unspecified atom stereocenters. The lowest BCUT2D eigenvalue weighted by Gasteiger charge is -2.32. The summed E-state index contributed by atoms with van der Waals surface area (Å²) >= 11 is 0. The highest BCUT2D eigenvalue weighted by Gasteiger charge is 2.37. The average molecular weight is 276 g/mol. The molecule has 0 bridgehead atoms.